The van der Waals surface area contributed by atoms with Crippen LogP contribution >= 0.6 is 12.2 Å². The normalized spacial score (nSPS) is 10.5. The van der Waals surface area contributed by atoms with Crippen LogP contribution in [0, 0.1) is 13.8 Å². The molecule has 0 aliphatic carbocycles. The maximum absolute atomic E-state index is 5.07. The van der Waals surface area contributed by atoms with Crippen LogP contribution in [0.15, 0.2) is 58.8 Å². The molecule has 0 heterocycles. The molecule has 20 heavy (non-hydrogen) atoms. The Bertz CT molecular complexity index is 603. The number of hydrogen-bond acceptors (Lipinski definition) is 3. The minimum atomic E-state index is 0.283. The van der Waals surface area contributed by atoms with Crippen molar-refractivity contribution in [3.63, 3.8) is 0 Å². The number of hydrogen-bond donors (Lipinski definition) is 2. The molecule has 0 saturated carbocycles. The van der Waals surface area contributed by atoms with Crippen molar-refractivity contribution in [3.8, 4) is 0 Å². The molecule has 0 saturated heterocycles. The Balaban J connectivity index is 1.86. The van der Waals surface area contributed by atoms with Crippen molar-refractivity contribution in [1.29, 1.82) is 0 Å². The van der Waals surface area contributed by atoms with Crippen molar-refractivity contribution >= 4 is 28.7 Å². The van der Waals surface area contributed by atoms with Crippen molar-refractivity contribution in [2.75, 3.05) is 5.43 Å². The highest BCUT2D eigenvalue weighted by Crippen LogP contribution is 2.12. The van der Waals surface area contributed by atoms with Crippen LogP contribution in [0.3, 0.4) is 0 Å². The fraction of sp³-hybridized carbons (Fsp3) is 0.133. The molecule has 102 valence electrons. The minimum Gasteiger partial charge on any atom is -0.299 e. The minimum absolute atomic E-state index is 0.283. The molecule has 0 aliphatic rings. The van der Waals surface area contributed by atoms with E-state index in [9.17, 15) is 0 Å². The summed E-state index contributed by atoms with van der Waals surface area (Å²) < 4.78 is 0. The van der Waals surface area contributed by atoms with Crippen LogP contribution < -0.4 is 10.9 Å². The first kappa shape index (κ1) is 14.1. The van der Waals surface area contributed by atoms with Gasteiger partial charge < -0.3 is 0 Å². The Kier molecular flexibility index (Phi) is 4.79. The molecule has 0 fully saturated rings. The summed E-state index contributed by atoms with van der Waals surface area (Å²) in [6.45, 7) is 4.07. The Morgan fingerprint density at radius 3 is 2.05 bits per heavy atom. The summed E-state index contributed by atoms with van der Waals surface area (Å²) in [6.07, 6.45) is 0. The van der Waals surface area contributed by atoms with Gasteiger partial charge in [0.2, 0.25) is 5.11 Å². The van der Waals surface area contributed by atoms with Gasteiger partial charge in [-0.2, -0.15) is 0 Å². The van der Waals surface area contributed by atoms with Crippen molar-refractivity contribution < 1.29 is 0 Å². The van der Waals surface area contributed by atoms with Gasteiger partial charge in [0.15, 0.2) is 0 Å². The van der Waals surface area contributed by atoms with Crippen LogP contribution in [-0.2, 0) is 0 Å². The van der Waals surface area contributed by atoms with E-state index in [4.69, 9.17) is 12.2 Å². The average molecular weight is 284 g/mol. The summed E-state index contributed by atoms with van der Waals surface area (Å²) in [5.41, 5.74) is 9.88. The highest BCUT2D eigenvalue weighted by molar-refractivity contribution is 7.80. The number of thiocarbonyl (C=S) groups is 1. The number of nitrogens with one attached hydrogen (secondary N) is 2. The maximum atomic E-state index is 5.07. The summed E-state index contributed by atoms with van der Waals surface area (Å²) in [5, 5.41) is 8.28. The van der Waals surface area contributed by atoms with E-state index in [0.29, 0.717) is 0 Å². The molecule has 2 N–H and O–H groups in total. The number of hydrazine groups is 1. The molecule has 0 aliphatic heterocycles. The molecule has 0 atom stereocenters. The predicted octanol–water partition coefficient (Wildman–Crippen LogP) is 4.29. The molecule has 0 unspecified atom stereocenters. The molecule has 2 aromatic rings. The van der Waals surface area contributed by atoms with Crippen molar-refractivity contribution in [2.24, 2.45) is 10.2 Å². The zero-order valence-corrected chi connectivity index (χ0v) is 12.2. The lowest BCUT2D eigenvalue weighted by Crippen LogP contribution is -2.25. The van der Waals surface area contributed by atoms with Gasteiger partial charge >= 0.3 is 0 Å². The summed E-state index contributed by atoms with van der Waals surface area (Å²) in [7, 11) is 0. The second-order valence-corrected chi connectivity index (χ2v) is 4.84. The van der Waals surface area contributed by atoms with Crippen molar-refractivity contribution in [1.82, 2.24) is 5.43 Å². The summed E-state index contributed by atoms with van der Waals surface area (Å²) in [5.74, 6) is 0. The maximum Gasteiger partial charge on any atom is 0.232 e. The molecule has 0 spiro atoms. The number of aryl methyl sites for hydroxylation is 2. The number of azo groups is 1. The Labute approximate surface area is 123 Å². The lowest BCUT2D eigenvalue weighted by Gasteiger charge is -2.07. The van der Waals surface area contributed by atoms with Gasteiger partial charge in [0.25, 0.3) is 0 Å². The van der Waals surface area contributed by atoms with E-state index in [1.165, 1.54) is 11.1 Å². The smallest absolute Gasteiger partial charge is 0.232 e. The van der Waals surface area contributed by atoms with Crippen LogP contribution in [-0.4, -0.2) is 5.11 Å². The van der Waals surface area contributed by atoms with Crippen LogP contribution in [0.1, 0.15) is 11.1 Å². The van der Waals surface area contributed by atoms with Gasteiger partial charge in [-0.15, -0.1) is 10.2 Å². The summed E-state index contributed by atoms with van der Waals surface area (Å²) in [6, 6.07) is 15.7. The largest absolute Gasteiger partial charge is 0.299 e. The predicted molar refractivity (Wildman–Crippen MR) is 86.2 cm³/mol. The SMILES string of the molecule is Cc1ccc(N=NC(=S)NNc2ccc(C)cc2)cc1. The number of rotatable bonds is 3. The highest BCUT2D eigenvalue weighted by Gasteiger charge is 1.94. The molecule has 2 rings (SSSR count). The van der Waals surface area contributed by atoms with Gasteiger partial charge in [0.05, 0.1) is 11.4 Å². The number of nitrogens with zero attached hydrogens (tertiary/aromatic N) is 2. The van der Waals surface area contributed by atoms with E-state index in [1.54, 1.807) is 0 Å². The van der Waals surface area contributed by atoms with Crippen LogP contribution in [0.25, 0.3) is 0 Å². The lowest BCUT2D eigenvalue weighted by molar-refractivity contribution is 1.09. The van der Waals surface area contributed by atoms with E-state index in [0.717, 1.165) is 11.4 Å². The molecular weight excluding hydrogens is 268 g/mol. The first-order valence-electron chi connectivity index (χ1n) is 6.24. The molecule has 2 aromatic carbocycles. The van der Waals surface area contributed by atoms with Gasteiger partial charge in [0, 0.05) is 0 Å². The average Bonchev–Trinajstić information content (AvgIpc) is 2.46. The Morgan fingerprint density at radius 2 is 1.45 bits per heavy atom. The number of benzene rings is 2. The lowest BCUT2D eigenvalue weighted by atomic mass is 10.2. The van der Waals surface area contributed by atoms with Crippen LogP contribution in [0.4, 0.5) is 11.4 Å². The van der Waals surface area contributed by atoms with E-state index in [-0.39, 0.29) is 5.11 Å². The van der Waals surface area contributed by atoms with E-state index >= 15 is 0 Å². The third-order valence-electron chi connectivity index (χ3n) is 2.66. The van der Waals surface area contributed by atoms with Gasteiger partial charge in [-0.1, -0.05) is 35.4 Å². The second-order valence-electron chi connectivity index (χ2n) is 4.46. The van der Waals surface area contributed by atoms with Gasteiger partial charge in [-0.25, -0.2) is 0 Å². The molecule has 0 radical (unpaired) electrons. The molecule has 5 heteroatoms. The molecule has 0 bridgehead atoms. The summed E-state index contributed by atoms with van der Waals surface area (Å²) in [4.78, 5) is 0. The zero-order chi connectivity index (χ0) is 14.4. The molecule has 0 aromatic heterocycles. The Morgan fingerprint density at radius 1 is 0.900 bits per heavy atom. The quantitative estimate of drug-likeness (QED) is 0.502. The topological polar surface area (TPSA) is 48.8 Å². The van der Waals surface area contributed by atoms with Crippen molar-refractivity contribution in [2.45, 2.75) is 13.8 Å². The third kappa shape index (κ3) is 4.44. The van der Waals surface area contributed by atoms with E-state index in [1.807, 2.05) is 62.4 Å². The summed E-state index contributed by atoms with van der Waals surface area (Å²) >= 11 is 5.07. The highest BCUT2D eigenvalue weighted by atomic mass is 32.1. The van der Waals surface area contributed by atoms with Crippen LogP contribution in [0.5, 0.6) is 0 Å². The molecule has 4 nitrogen and oxygen atoms in total. The monoisotopic (exact) mass is 284 g/mol. The van der Waals surface area contributed by atoms with Gasteiger partial charge in [0.1, 0.15) is 0 Å². The van der Waals surface area contributed by atoms with Crippen molar-refractivity contribution in [3.05, 3.63) is 59.7 Å². The third-order valence-corrected chi connectivity index (χ3v) is 2.84. The first-order valence-corrected chi connectivity index (χ1v) is 6.65. The van der Waals surface area contributed by atoms with E-state index < -0.39 is 0 Å². The Hall–Kier alpha value is -2.27. The fourth-order valence-corrected chi connectivity index (χ4v) is 1.59. The first-order chi connectivity index (χ1) is 9.63. The standard InChI is InChI=1S/C15H16N4S/c1-11-3-7-13(8-4-11)16-18-15(20)19-17-14-9-5-12(2)6-10-14/h3-10,16H,1-2H3,(H,18,20). The molecular formula is C15H16N4S. The van der Waals surface area contributed by atoms with Gasteiger partial charge in [-0.05, 0) is 50.3 Å². The van der Waals surface area contributed by atoms with E-state index in [2.05, 4.69) is 21.1 Å². The second kappa shape index (κ2) is 6.77. The molecule has 0 amide bonds. The van der Waals surface area contributed by atoms with Gasteiger partial charge in [-0.3, -0.25) is 10.9 Å². The van der Waals surface area contributed by atoms with Crippen LogP contribution in [0.2, 0.25) is 0 Å². The fourth-order valence-electron chi connectivity index (χ4n) is 1.50. The number of anilines is 1. The zero-order valence-electron chi connectivity index (χ0n) is 11.4.